The zero-order valence-electron chi connectivity index (χ0n) is 11.3. The molecule has 7 heteroatoms. The molecule has 0 spiro atoms. The lowest BCUT2D eigenvalue weighted by Gasteiger charge is -2.28. The zero-order valence-corrected chi connectivity index (χ0v) is 12.1. The lowest BCUT2D eigenvalue weighted by Crippen LogP contribution is -2.43. The molecule has 1 aliphatic rings. The Balaban J connectivity index is 2.28. The molecule has 1 aromatic rings. The maximum absolute atomic E-state index is 12.7. The largest absolute Gasteiger partial charge is 0.388 e. The Bertz CT molecular complexity index is 553. The standard InChI is InChI=1S/C13H20N4O2S/c14-13(15)8-11-17(12-6-2-1-3-7-12)20(18,19)16-9-4-5-10-16/h1-3,6-7H,4-5,8-11H2,(H3,14,15). The van der Waals surface area contributed by atoms with Crippen molar-refractivity contribution in [2.75, 3.05) is 23.9 Å². The van der Waals surface area contributed by atoms with Gasteiger partial charge in [-0.2, -0.15) is 12.7 Å². The number of nitrogens with two attached hydrogens (primary N) is 1. The number of hydrogen-bond donors (Lipinski definition) is 2. The number of amidine groups is 1. The Labute approximate surface area is 119 Å². The monoisotopic (exact) mass is 296 g/mol. The summed E-state index contributed by atoms with van der Waals surface area (Å²) < 4.78 is 28.2. The minimum Gasteiger partial charge on any atom is -0.388 e. The summed E-state index contributed by atoms with van der Waals surface area (Å²) in [5.74, 6) is -0.0115. The molecule has 0 radical (unpaired) electrons. The van der Waals surface area contributed by atoms with Crippen LogP contribution in [0.15, 0.2) is 30.3 Å². The van der Waals surface area contributed by atoms with Gasteiger partial charge in [0.1, 0.15) is 0 Å². The molecule has 0 atom stereocenters. The molecule has 0 amide bonds. The van der Waals surface area contributed by atoms with Gasteiger partial charge in [0.15, 0.2) is 0 Å². The zero-order chi connectivity index (χ0) is 14.6. The maximum Gasteiger partial charge on any atom is 0.304 e. The van der Waals surface area contributed by atoms with Crippen LogP contribution in [0.25, 0.3) is 0 Å². The van der Waals surface area contributed by atoms with Crippen LogP contribution in [0.3, 0.4) is 0 Å². The molecule has 1 fully saturated rings. The van der Waals surface area contributed by atoms with Crippen LogP contribution in [0.2, 0.25) is 0 Å². The molecule has 6 nitrogen and oxygen atoms in total. The fourth-order valence-electron chi connectivity index (χ4n) is 2.25. The van der Waals surface area contributed by atoms with E-state index >= 15 is 0 Å². The Kier molecular flexibility index (Phi) is 4.61. The molecular formula is C13H20N4O2S. The molecule has 0 saturated carbocycles. The van der Waals surface area contributed by atoms with E-state index < -0.39 is 10.2 Å². The van der Waals surface area contributed by atoms with Crippen molar-refractivity contribution in [2.45, 2.75) is 19.3 Å². The van der Waals surface area contributed by atoms with Crippen LogP contribution >= 0.6 is 0 Å². The molecule has 3 N–H and O–H groups in total. The molecule has 1 aliphatic heterocycles. The van der Waals surface area contributed by atoms with Gasteiger partial charge in [0.2, 0.25) is 0 Å². The van der Waals surface area contributed by atoms with Crippen LogP contribution in [0.5, 0.6) is 0 Å². The molecule has 110 valence electrons. The summed E-state index contributed by atoms with van der Waals surface area (Å²) in [6, 6.07) is 8.96. The number of rotatable bonds is 6. The van der Waals surface area contributed by atoms with Gasteiger partial charge in [0, 0.05) is 26.1 Å². The van der Waals surface area contributed by atoms with Gasteiger partial charge in [0.25, 0.3) is 0 Å². The summed E-state index contributed by atoms with van der Waals surface area (Å²) in [6.07, 6.45) is 2.02. The van der Waals surface area contributed by atoms with Gasteiger partial charge in [-0.1, -0.05) is 18.2 Å². The first-order chi connectivity index (χ1) is 9.51. The van der Waals surface area contributed by atoms with Crippen LogP contribution in [-0.4, -0.2) is 38.2 Å². The minimum atomic E-state index is -3.54. The third-order valence-corrected chi connectivity index (χ3v) is 5.27. The third-order valence-electron chi connectivity index (χ3n) is 3.30. The summed E-state index contributed by atoms with van der Waals surface area (Å²) in [6.45, 7) is 1.32. The van der Waals surface area contributed by atoms with Crippen LogP contribution in [0.4, 0.5) is 5.69 Å². The van der Waals surface area contributed by atoms with Crippen molar-refractivity contribution in [2.24, 2.45) is 5.73 Å². The Morgan fingerprint density at radius 1 is 1.25 bits per heavy atom. The quantitative estimate of drug-likeness (QED) is 0.609. The van der Waals surface area contributed by atoms with Gasteiger partial charge < -0.3 is 5.73 Å². The highest BCUT2D eigenvalue weighted by Crippen LogP contribution is 2.23. The number of para-hydroxylation sites is 1. The van der Waals surface area contributed by atoms with Crippen LogP contribution < -0.4 is 10.0 Å². The molecule has 20 heavy (non-hydrogen) atoms. The maximum atomic E-state index is 12.7. The highest BCUT2D eigenvalue weighted by Gasteiger charge is 2.31. The summed E-state index contributed by atoms with van der Waals surface area (Å²) in [5.41, 5.74) is 5.98. The van der Waals surface area contributed by atoms with Crippen molar-refractivity contribution < 1.29 is 8.42 Å². The second-order valence-electron chi connectivity index (χ2n) is 4.80. The van der Waals surface area contributed by atoms with Crippen molar-refractivity contribution in [1.82, 2.24) is 4.31 Å². The van der Waals surface area contributed by atoms with E-state index in [1.54, 1.807) is 24.3 Å². The predicted molar refractivity (Wildman–Crippen MR) is 80.0 cm³/mol. The van der Waals surface area contributed by atoms with Crippen molar-refractivity contribution in [3.8, 4) is 0 Å². The summed E-state index contributed by atoms with van der Waals surface area (Å²) in [5, 5.41) is 7.31. The fraction of sp³-hybridized carbons (Fsp3) is 0.462. The second kappa shape index (κ2) is 6.23. The normalized spacial score (nSPS) is 16.2. The van der Waals surface area contributed by atoms with Crippen molar-refractivity contribution in [3.05, 3.63) is 30.3 Å². The number of nitrogens with zero attached hydrogens (tertiary/aromatic N) is 2. The van der Waals surface area contributed by atoms with Crippen molar-refractivity contribution in [3.63, 3.8) is 0 Å². The first kappa shape index (κ1) is 14.8. The average molecular weight is 296 g/mol. The van der Waals surface area contributed by atoms with E-state index in [2.05, 4.69) is 0 Å². The number of benzene rings is 1. The highest BCUT2D eigenvalue weighted by atomic mass is 32.2. The lowest BCUT2D eigenvalue weighted by atomic mass is 10.3. The first-order valence-corrected chi connectivity index (χ1v) is 8.07. The van der Waals surface area contributed by atoms with Crippen LogP contribution in [0.1, 0.15) is 19.3 Å². The van der Waals surface area contributed by atoms with Crippen molar-refractivity contribution >= 4 is 21.7 Å². The summed E-state index contributed by atoms with van der Waals surface area (Å²) >= 11 is 0. The molecule has 0 bridgehead atoms. The van der Waals surface area contributed by atoms with E-state index in [9.17, 15) is 8.42 Å². The minimum absolute atomic E-state index is 0.0115. The number of hydrogen-bond acceptors (Lipinski definition) is 3. The first-order valence-electron chi connectivity index (χ1n) is 6.67. The second-order valence-corrected chi connectivity index (χ2v) is 6.65. The average Bonchev–Trinajstić information content (AvgIpc) is 2.94. The highest BCUT2D eigenvalue weighted by molar-refractivity contribution is 7.90. The van der Waals surface area contributed by atoms with Gasteiger partial charge in [-0.25, -0.2) is 0 Å². The van der Waals surface area contributed by atoms with E-state index in [0.29, 0.717) is 18.8 Å². The molecule has 0 aliphatic carbocycles. The van der Waals surface area contributed by atoms with E-state index in [4.69, 9.17) is 11.1 Å². The van der Waals surface area contributed by atoms with E-state index in [-0.39, 0.29) is 18.8 Å². The van der Waals surface area contributed by atoms with E-state index in [0.717, 1.165) is 12.8 Å². The van der Waals surface area contributed by atoms with Gasteiger partial charge in [0.05, 0.1) is 11.5 Å². The Hall–Kier alpha value is -1.60. The number of anilines is 1. The lowest BCUT2D eigenvalue weighted by molar-refractivity contribution is 0.473. The van der Waals surface area contributed by atoms with Gasteiger partial charge in [-0.3, -0.25) is 9.71 Å². The smallest absolute Gasteiger partial charge is 0.304 e. The molecule has 1 heterocycles. The van der Waals surface area contributed by atoms with Gasteiger partial charge in [-0.15, -0.1) is 0 Å². The molecule has 1 aromatic carbocycles. The van der Waals surface area contributed by atoms with Crippen LogP contribution in [0, 0.1) is 5.41 Å². The third kappa shape index (κ3) is 3.29. The van der Waals surface area contributed by atoms with Gasteiger partial charge >= 0.3 is 10.2 Å². The Morgan fingerprint density at radius 3 is 2.40 bits per heavy atom. The van der Waals surface area contributed by atoms with E-state index in [1.165, 1.54) is 8.61 Å². The molecule has 0 unspecified atom stereocenters. The summed E-state index contributed by atoms with van der Waals surface area (Å²) in [7, 11) is -3.54. The topological polar surface area (TPSA) is 90.5 Å². The van der Waals surface area contributed by atoms with Crippen molar-refractivity contribution in [1.29, 1.82) is 5.41 Å². The van der Waals surface area contributed by atoms with E-state index in [1.807, 2.05) is 6.07 Å². The Morgan fingerprint density at radius 2 is 1.85 bits per heavy atom. The molecule has 0 aromatic heterocycles. The van der Waals surface area contributed by atoms with Crippen LogP contribution in [-0.2, 0) is 10.2 Å². The molecular weight excluding hydrogens is 276 g/mol. The van der Waals surface area contributed by atoms with Gasteiger partial charge in [-0.05, 0) is 25.0 Å². The molecule has 2 rings (SSSR count). The predicted octanol–water partition coefficient (Wildman–Crippen LogP) is 1.16. The fourth-order valence-corrected chi connectivity index (χ4v) is 3.96. The summed E-state index contributed by atoms with van der Waals surface area (Å²) in [4.78, 5) is 0. The number of nitrogens with one attached hydrogen (secondary N) is 1. The SMILES string of the molecule is N=C(N)CCN(c1ccccc1)S(=O)(=O)N1CCCC1. The molecule has 1 saturated heterocycles.